The topological polar surface area (TPSA) is 31.7 Å². The summed E-state index contributed by atoms with van der Waals surface area (Å²) in [6.45, 7) is 12.1. The summed E-state index contributed by atoms with van der Waals surface area (Å²) in [5, 5.41) is 1.77. The zero-order chi connectivity index (χ0) is 19.0. The monoisotopic (exact) mass is 380 g/mol. The Morgan fingerprint density at radius 3 is 2.67 bits per heavy atom. The zero-order valence-electron chi connectivity index (χ0n) is 16.6. The predicted molar refractivity (Wildman–Crippen MR) is 116 cm³/mol. The van der Waals surface area contributed by atoms with Gasteiger partial charge in [0, 0.05) is 36.8 Å². The second kappa shape index (κ2) is 7.55. The van der Waals surface area contributed by atoms with Crippen molar-refractivity contribution in [3.05, 3.63) is 59.4 Å². The maximum absolute atomic E-state index is 5.09. The number of nitrogens with zero attached hydrogens (tertiary/aromatic N) is 4. The van der Waals surface area contributed by atoms with Gasteiger partial charge in [0.1, 0.15) is 6.04 Å². The molecule has 142 valence electrons. The highest BCUT2D eigenvalue weighted by Gasteiger charge is 2.43. The van der Waals surface area contributed by atoms with Gasteiger partial charge in [-0.3, -0.25) is 9.98 Å². The van der Waals surface area contributed by atoms with E-state index in [1.54, 1.807) is 0 Å². The highest BCUT2D eigenvalue weighted by Crippen LogP contribution is 2.48. The summed E-state index contributed by atoms with van der Waals surface area (Å²) in [4.78, 5) is 14.6. The van der Waals surface area contributed by atoms with E-state index in [0.29, 0.717) is 5.25 Å². The lowest BCUT2D eigenvalue weighted by atomic mass is 9.92. The van der Waals surface area contributed by atoms with E-state index in [0.717, 1.165) is 25.3 Å². The van der Waals surface area contributed by atoms with Crippen molar-refractivity contribution < 1.29 is 0 Å². The van der Waals surface area contributed by atoms with E-state index in [-0.39, 0.29) is 12.1 Å². The number of aryl methyl sites for hydroxylation is 1. The summed E-state index contributed by atoms with van der Waals surface area (Å²) in [5.41, 5.74) is 5.07. The van der Waals surface area contributed by atoms with Crippen LogP contribution < -0.4 is 4.90 Å². The van der Waals surface area contributed by atoms with Crippen LogP contribution in [0, 0.1) is 6.92 Å². The maximum Gasteiger partial charge on any atom is 0.160 e. The molecule has 2 aliphatic heterocycles. The summed E-state index contributed by atoms with van der Waals surface area (Å²) >= 11 is 1.89. The van der Waals surface area contributed by atoms with Crippen LogP contribution in [0.3, 0.4) is 0 Å². The second-order valence-electron chi connectivity index (χ2n) is 7.35. The lowest BCUT2D eigenvalue weighted by Crippen LogP contribution is -2.29. The molecule has 2 aliphatic rings. The van der Waals surface area contributed by atoms with Crippen LogP contribution in [-0.4, -0.2) is 39.9 Å². The molecule has 4 nitrogen and oxygen atoms in total. The molecule has 0 amide bonds. The van der Waals surface area contributed by atoms with Gasteiger partial charge < -0.3 is 9.80 Å². The Kier molecular flexibility index (Phi) is 5.13. The summed E-state index contributed by atoms with van der Waals surface area (Å²) in [6.07, 6.45) is 1.88. The first-order chi connectivity index (χ1) is 13.1. The van der Waals surface area contributed by atoms with Crippen LogP contribution in [0.2, 0.25) is 0 Å². The molecule has 5 heteroatoms. The Balaban J connectivity index is 1.74. The first-order valence-corrected chi connectivity index (χ1v) is 10.8. The average molecular weight is 381 g/mol. The van der Waals surface area contributed by atoms with E-state index in [1.165, 1.54) is 22.0 Å². The molecule has 3 atom stereocenters. The van der Waals surface area contributed by atoms with E-state index < -0.39 is 0 Å². The van der Waals surface area contributed by atoms with Gasteiger partial charge >= 0.3 is 0 Å². The molecule has 0 aliphatic carbocycles. The SMILES string of the molecule is CCN(CC)c1ccc(C2C(c3ccccn3)N=C3SC(C)CN32)c(C)c1. The predicted octanol–water partition coefficient (Wildman–Crippen LogP) is 4.83. The molecule has 1 aromatic carbocycles. The first kappa shape index (κ1) is 18.4. The van der Waals surface area contributed by atoms with Gasteiger partial charge in [-0.15, -0.1) is 0 Å². The molecule has 2 aromatic rings. The lowest BCUT2D eigenvalue weighted by Gasteiger charge is -2.30. The molecule has 1 saturated heterocycles. The largest absolute Gasteiger partial charge is 0.372 e. The third kappa shape index (κ3) is 3.33. The highest BCUT2D eigenvalue weighted by atomic mass is 32.2. The normalized spacial score (nSPS) is 24.1. The number of aliphatic imine (C=N–C) groups is 1. The summed E-state index contributed by atoms with van der Waals surface area (Å²) in [7, 11) is 0. The number of anilines is 1. The van der Waals surface area contributed by atoms with Crippen LogP contribution in [0.25, 0.3) is 0 Å². The van der Waals surface area contributed by atoms with Crippen LogP contribution in [0.1, 0.15) is 49.7 Å². The van der Waals surface area contributed by atoms with Gasteiger partial charge in [0.05, 0.1) is 11.7 Å². The number of thioether (sulfide) groups is 1. The third-order valence-electron chi connectivity index (χ3n) is 5.58. The molecule has 3 unspecified atom stereocenters. The minimum absolute atomic E-state index is 0.0687. The van der Waals surface area contributed by atoms with Crippen LogP contribution >= 0.6 is 11.8 Å². The van der Waals surface area contributed by atoms with Crippen molar-refractivity contribution >= 4 is 22.6 Å². The molecule has 0 saturated carbocycles. The fourth-order valence-electron chi connectivity index (χ4n) is 4.23. The Morgan fingerprint density at radius 1 is 1.19 bits per heavy atom. The van der Waals surface area contributed by atoms with Crippen LogP contribution in [0.5, 0.6) is 0 Å². The Bertz CT molecular complexity index is 831. The van der Waals surface area contributed by atoms with Crippen molar-refractivity contribution in [1.82, 2.24) is 9.88 Å². The molecule has 1 fully saturated rings. The number of rotatable bonds is 5. The Morgan fingerprint density at radius 2 is 2.00 bits per heavy atom. The number of hydrogen-bond donors (Lipinski definition) is 0. The van der Waals surface area contributed by atoms with E-state index in [2.05, 4.69) is 72.8 Å². The number of fused-ring (bicyclic) bond motifs is 1. The smallest absolute Gasteiger partial charge is 0.160 e. The lowest BCUT2D eigenvalue weighted by molar-refractivity contribution is 0.320. The minimum atomic E-state index is 0.0687. The van der Waals surface area contributed by atoms with Crippen molar-refractivity contribution in [2.45, 2.75) is 45.0 Å². The van der Waals surface area contributed by atoms with E-state index >= 15 is 0 Å². The molecule has 0 N–H and O–H groups in total. The standard InChI is InChI=1S/C22H28N4S/c1-5-25(6-2)17-10-11-18(15(3)13-17)21-20(19-9-7-8-12-23-19)24-22-26(21)14-16(4)27-22/h7-13,16,20-21H,5-6,14H2,1-4H3. The van der Waals surface area contributed by atoms with E-state index in [1.807, 2.05) is 24.0 Å². The highest BCUT2D eigenvalue weighted by molar-refractivity contribution is 8.14. The van der Waals surface area contributed by atoms with Gasteiger partial charge in [-0.1, -0.05) is 30.8 Å². The zero-order valence-corrected chi connectivity index (χ0v) is 17.4. The van der Waals surface area contributed by atoms with Gasteiger partial charge in [0.2, 0.25) is 0 Å². The molecule has 3 heterocycles. The van der Waals surface area contributed by atoms with E-state index in [4.69, 9.17) is 4.99 Å². The number of hydrogen-bond acceptors (Lipinski definition) is 5. The van der Waals surface area contributed by atoms with Gasteiger partial charge in [-0.05, 0) is 56.2 Å². The molecule has 0 radical (unpaired) electrons. The summed E-state index contributed by atoms with van der Waals surface area (Å²) in [6, 6.07) is 13.4. The fourth-order valence-corrected chi connectivity index (χ4v) is 5.32. The fraction of sp³-hybridized carbons (Fsp3) is 0.455. The molecule has 1 aromatic heterocycles. The minimum Gasteiger partial charge on any atom is -0.372 e. The number of aromatic nitrogens is 1. The molecular formula is C22H28N4S. The molecule has 0 spiro atoms. The van der Waals surface area contributed by atoms with Crippen molar-refractivity contribution in [2.24, 2.45) is 4.99 Å². The van der Waals surface area contributed by atoms with Gasteiger partial charge in [0.15, 0.2) is 5.17 Å². The molecule has 4 rings (SSSR count). The first-order valence-electron chi connectivity index (χ1n) is 9.89. The maximum atomic E-state index is 5.09. The Hall–Kier alpha value is -2.01. The molecular weight excluding hydrogens is 352 g/mol. The van der Waals surface area contributed by atoms with Crippen LogP contribution in [0.4, 0.5) is 5.69 Å². The number of amidine groups is 1. The van der Waals surface area contributed by atoms with Crippen LogP contribution in [-0.2, 0) is 0 Å². The molecule has 27 heavy (non-hydrogen) atoms. The van der Waals surface area contributed by atoms with Gasteiger partial charge in [0.25, 0.3) is 0 Å². The summed E-state index contributed by atoms with van der Waals surface area (Å²) < 4.78 is 0. The van der Waals surface area contributed by atoms with Gasteiger partial charge in [-0.25, -0.2) is 0 Å². The van der Waals surface area contributed by atoms with Crippen molar-refractivity contribution in [2.75, 3.05) is 24.5 Å². The Labute approximate surface area is 166 Å². The van der Waals surface area contributed by atoms with E-state index in [9.17, 15) is 0 Å². The van der Waals surface area contributed by atoms with Gasteiger partial charge in [-0.2, -0.15) is 0 Å². The van der Waals surface area contributed by atoms with Crippen molar-refractivity contribution in [3.8, 4) is 0 Å². The number of pyridine rings is 1. The molecule has 0 bridgehead atoms. The summed E-state index contributed by atoms with van der Waals surface area (Å²) in [5.74, 6) is 0. The van der Waals surface area contributed by atoms with Crippen molar-refractivity contribution in [1.29, 1.82) is 0 Å². The average Bonchev–Trinajstić information content (AvgIpc) is 3.20. The number of benzene rings is 1. The van der Waals surface area contributed by atoms with Crippen LogP contribution in [0.15, 0.2) is 47.6 Å². The quantitative estimate of drug-likeness (QED) is 0.744. The van der Waals surface area contributed by atoms with Crippen molar-refractivity contribution in [3.63, 3.8) is 0 Å². The second-order valence-corrected chi connectivity index (χ2v) is 8.76. The third-order valence-corrected chi connectivity index (χ3v) is 6.68.